The van der Waals surface area contributed by atoms with Crippen molar-refractivity contribution >= 4 is 15.8 Å². The highest BCUT2D eigenvalue weighted by molar-refractivity contribution is 7.89. The predicted octanol–water partition coefficient (Wildman–Crippen LogP) is -0.172. The molecule has 15 heavy (non-hydrogen) atoms. The fraction of sp³-hybridized carbons (Fsp3) is 0.500. The van der Waals surface area contributed by atoms with Crippen molar-refractivity contribution < 1.29 is 8.42 Å². The van der Waals surface area contributed by atoms with Gasteiger partial charge in [0.1, 0.15) is 5.82 Å². The molecular formula is C8H14N4O2S. The average Bonchev–Trinajstić information content (AvgIpc) is 2.19. The van der Waals surface area contributed by atoms with Crippen LogP contribution in [0.15, 0.2) is 18.6 Å². The number of hydrogen-bond donors (Lipinski definition) is 2. The Kier molecular flexibility index (Phi) is 4.44. The first kappa shape index (κ1) is 11.9. The summed E-state index contributed by atoms with van der Waals surface area (Å²) >= 11 is 0. The van der Waals surface area contributed by atoms with Crippen molar-refractivity contribution in [3.8, 4) is 0 Å². The summed E-state index contributed by atoms with van der Waals surface area (Å²) in [5.74, 6) is 0.599. The van der Waals surface area contributed by atoms with Crippen LogP contribution < -0.4 is 10.0 Å². The maximum absolute atomic E-state index is 11.2. The molecule has 0 fully saturated rings. The quantitative estimate of drug-likeness (QED) is 0.708. The standard InChI is InChI=1S/C8H14N4O2S/c1-2-12-15(13,14)6-5-11-8-7-9-3-4-10-8/h3-4,7,12H,2,5-6H2,1H3,(H,10,11). The van der Waals surface area contributed by atoms with Gasteiger partial charge in [-0.1, -0.05) is 6.92 Å². The van der Waals surface area contributed by atoms with Crippen molar-refractivity contribution in [2.24, 2.45) is 0 Å². The van der Waals surface area contributed by atoms with Crippen LogP contribution in [0.5, 0.6) is 0 Å². The molecule has 1 rings (SSSR count). The second kappa shape index (κ2) is 5.62. The Labute approximate surface area is 89.2 Å². The molecule has 0 amide bonds. The molecule has 7 heteroatoms. The number of sulfonamides is 1. The fourth-order valence-electron chi connectivity index (χ4n) is 0.996. The molecule has 0 aliphatic heterocycles. The minimum Gasteiger partial charge on any atom is -0.368 e. The molecule has 0 radical (unpaired) electrons. The van der Waals surface area contributed by atoms with Crippen LogP contribution in [0.2, 0.25) is 0 Å². The molecule has 0 aromatic carbocycles. The van der Waals surface area contributed by atoms with Gasteiger partial charge in [-0.05, 0) is 0 Å². The van der Waals surface area contributed by atoms with E-state index in [-0.39, 0.29) is 5.75 Å². The van der Waals surface area contributed by atoms with Gasteiger partial charge in [0.15, 0.2) is 0 Å². The number of hydrogen-bond acceptors (Lipinski definition) is 5. The topological polar surface area (TPSA) is 84.0 Å². The number of aromatic nitrogens is 2. The molecule has 0 aliphatic carbocycles. The summed E-state index contributed by atoms with van der Waals surface area (Å²) in [7, 11) is -3.16. The molecule has 2 N–H and O–H groups in total. The first-order chi connectivity index (χ1) is 7.14. The lowest BCUT2D eigenvalue weighted by molar-refractivity contribution is 0.584. The third kappa shape index (κ3) is 4.71. The zero-order valence-electron chi connectivity index (χ0n) is 8.47. The van der Waals surface area contributed by atoms with Gasteiger partial charge >= 0.3 is 0 Å². The third-order valence-electron chi connectivity index (χ3n) is 1.60. The van der Waals surface area contributed by atoms with E-state index in [1.54, 1.807) is 25.5 Å². The maximum Gasteiger partial charge on any atom is 0.213 e. The van der Waals surface area contributed by atoms with Crippen LogP contribution in [-0.2, 0) is 10.0 Å². The summed E-state index contributed by atoms with van der Waals surface area (Å²) in [5, 5.41) is 2.87. The Balaban J connectivity index is 2.34. The van der Waals surface area contributed by atoms with Gasteiger partial charge in [-0.2, -0.15) is 0 Å². The summed E-state index contributed by atoms with van der Waals surface area (Å²) in [6.45, 7) is 2.47. The van der Waals surface area contributed by atoms with E-state index in [0.717, 1.165) is 0 Å². The molecule has 0 aliphatic rings. The molecule has 0 bridgehead atoms. The summed E-state index contributed by atoms with van der Waals surface area (Å²) in [6, 6.07) is 0. The summed E-state index contributed by atoms with van der Waals surface area (Å²) in [4.78, 5) is 7.80. The van der Waals surface area contributed by atoms with Crippen LogP contribution >= 0.6 is 0 Å². The second-order valence-corrected chi connectivity index (χ2v) is 4.76. The molecule has 1 heterocycles. The first-order valence-electron chi connectivity index (χ1n) is 4.61. The van der Waals surface area contributed by atoms with E-state index in [1.165, 1.54) is 0 Å². The van der Waals surface area contributed by atoms with Crippen molar-refractivity contribution in [2.45, 2.75) is 6.92 Å². The summed E-state index contributed by atoms with van der Waals surface area (Å²) in [5.41, 5.74) is 0. The highest BCUT2D eigenvalue weighted by atomic mass is 32.2. The lowest BCUT2D eigenvalue weighted by Gasteiger charge is -2.05. The van der Waals surface area contributed by atoms with Gasteiger partial charge in [-0.3, -0.25) is 4.98 Å². The van der Waals surface area contributed by atoms with Gasteiger partial charge in [0, 0.05) is 25.5 Å². The first-order valence-corrected chi connectivity index (χ1v) is 6.26. The molecular weight excluding hydrogens is 216 g/mol. The van der Waals surface area contributed by atoms with E-state index in [0.29, 0.717) is 18.9 Å². The predicted molar refractivity (Wildman–Crippen MR) is 58.0 cm³/mol. The Morgan fingerprint density at radius 1 is 1.40 bits per heavy atom. The molecule has 0 spiro atoms. The summed E-state index contributed by atoms with van der Waals surface area (Å²) < 4.78 is 24.9. The van der Waals surface area contributed by atoms with Crippen LogP contribution in [0, 0.1) is 0 Å². The molecule has 6 nitrogen and oxygen atoms in total. The van der Waals surface area contributed by atoms with E-state index >= 15 is 0 Å². The van der Waals surface area contributed by atoms with E-state index in [2.05, 4.69) is 20.0 Å². The van der Waals surface area contributed by atoms with Crippen molar-refractivity contribution in [2.75, 3.05) is 24.2 Å². The number of rotatable bonds is 6. The highest BCUT2D eigenvalue weighted by Crippen LogP contribution is 1.96. The van der Waals surface area contributed by atoms with Crippen LogP contribution in [0.3, 0.4) is 0 Å². The normalized spacial score (nSPS) is 11.3. The Morgan fingerprint density at radius 3 is 2.80 bits per heavy atom. The van der Waals surface area contributed by atoms with E-state index in [1.807, 2.05) is 0 Å². The second-order valence-electron chi connectivity index (χ2n) is 2.83. The monoisotopic (exact) mass is 230 g/mol. The zero-order valence-corrected chi connectivity index (χ0v) is 9.29. The van der Waals surface area contributed by atoms with Crippen LogP contribution in [0.1, 0.15) is 6.92 Å². The highest BCUT2D eigenvalue weighted by Gasteiger charge is 2.07. The van der Waals surface area contributed by atoms with Gasteiger partial charge in [0.05, 0.1) is 11.9 Å². The average molecular weight is 230 g/mol. The van der Waals surface area contributed by atoms with E-state index < -0.39 is 10.0 Å². The largest absolute Gasteiger partial charge is 0.368 e. The zero-order chi connectivity index (χ0) is 11.1. The summed E-state index contributed by atoms with van der Waals surface area (Å²) in [6.07, 6.45) is 4.64. The molecule has 0 atom stereocenters. The van der Waals surface area contributed by atoms with Gasteiger partial charge in [-0.15, -0.1) is 0 Å². The molecule has 0 saturated carbocycles. The Hall–Kier alpha value is -1.21. The van der Waals surface area contributed by atoms with Crippen molar-refractivity contribution in [1.82, 2.24) is 14.7 Å². The third-order valence-corrected chi connectivity index (χ3v) is 3.07. The van der Waals surface area contributed by atoms with Crippen LogP contribution in [0.25, 0.3) is 0 Å². The minimum atomic E-state index is -3.16. The van der Waals surface area contributed by atoms with Crippen molar-refractivity contribution in [3.05, 3.63) is 18.6 Å². The smallest absolute Gasteiger partial charge is 0.213 e. The van der Waals surface area contributed by atoms with Gasteiger partial charge in [0.25, 0.3) is 0 Å². The SMILES string of the molecule is CCNS(=O)(=O)CCNc1cnccn1. The number of nitrogens with one attached hydrogen (secondary N) is 2. The molecule has 84 valence electrons. The van der Waals surface area contributed by atoms with Crippen molar-refractivity contribution in [1.29, 1.82) is 0 Å². The van der Waals surface area contributed by atoms with Crippen LogP contribution in [0.4, 0.5) is 5.82 Å². The van der Waals surface area contributed by atoms with Crippen molar-refractivity contribution in [3.63, 3.8) is 0 Å². The van der Waals surface area contributed by atoms with E-state index in [4.69, 9.17) is 0 Å². The fourth-order valence-corrected chi connectivity index (χ4v) is 1.95. The lowest BCUT2D eigenvalue weighted by atomic mass is 10.6. The van der Waals surface area contributed by atoms with Gasteiger partial charge in [0.2, 0.25) is 10.0 Å². The molecule has 0 saturated heterocycles. The minimum absolute atomic E-state index is 0.0252. The maximum atomic E-state index is 11.2. The van der Waals surface area contributed by atoms with Crippen LogP contribution in [-0.4, -0.2) is 37.2 Å². The van der Waals surface area contributed by atoms with Gasteiger partial charge in [-0.25, -0.2) is 18.1 Å². The lowest BCUT2D eigenvalue weighted by Crippen LogP contribution is -2.29. The number of anilines is 1. The number of nitrogens with zero attached hydrogens (tertiary/aromatic N) is 2. The Morgan fingerprint density at radius 2 is 2.20 bits per heavy atom. The molecule has 1 aromatic heterocycles. The van der Waals surface area contributed by atoms with Gasteiger partial charge < -0.3 is 5.32 Å². The Bertz CT molecular complexity index is 379. The molecule has 1 aromatic rings. The molecule has 0 unspecified atom stereocenters. The van der Waals surface area contributed by atoms with E-state index in [9.17, 15) is 8.42 Å².